The molecule has 2 rings (SSSR count). The SMILES string of the molecule is CNCc1c(C)cc(-c2ccc(OC(F)(F)F)cc2)cc1C. The molecule has 5 heteroatoms. The maximum Gasteiger partial charge on any atom is 0.573 e. The Morgan fingerprint density at radius 3 is 1.95 bits per heavy atom. The summed E-state index contributed by atoms with van der Waals surface area (Å²) in [5.74, 6) is -0.212. The number of benzene rings is 2. The van der Waals surface area contributed by atoms with E-state index in [1.807, 2.05) is 33.0 Å². The van der Waals surface area contributed by atoms with E-state index in [9.17, 15) is 13.2 Å². The van der Waals surface area contributed by atoms with E-state index in [1.54, 1.807) is 12.1 Å². The van der Waals surface area contributed by atoms with E-state index in [2.05, 4.69) is 10.1 Å². The van der Waals surface area contributed by atoms with Crippen LogP contribution in [-0.4, -0.2) is 13.4 Å². The molecule has 0 aliphatic heterocycles. The molecular weight excluding hydrogens is 291 g/mol. The Morgan fingerprint density at radius 1 is 0.955 bits per heavy atom. The van der Waals surface area contributed by atoms with Crippen molar-refractivity contribution in [3.63, 3.8) is 0 Å². The van der Waals surface area contributed by atoms with Gasteiger partial charge in [-0.25, -0.2) is 0 Å². The first-order valence-electron chi connectivity index (χ1n) is 6.91. The van der Waals surface area contributed by atoms with Crippen LogP contribution in [0.25, 0.3) is 11.1 Å². The second-order valence-electron chi connectivity index (χ2n) is 5.19. The standard InChI is InChI=1S/C17H18F3NO/c1-11-8-14(9-12(2)16(11)10-21-3)13-4-6-15(7-5-13)22-17(18,19)20/h4-9,21H,10H2,1-3H3. The smallest absolute Gasteiger partial charge is 0.406 e. The molecule has 2 nitrogen and oxygen atoms in total. The first kappa shape index (κ1) is 16.4. The number of aryl methyl sites for hydroxylation is 2. The summed E-state index contributed by atoms with van der Waals surface area (Å²) in [6, 6.07) is 10.0. The van der Waals surface area contributed by atoms with Crippen molar-refractivity contribution in [3.05, 3.63) is 53.1 Å². The first-order chi connectivity index (χ1) is 10.3. The molecule has 2 aromatic rings. The van der Waals surface area contributed by atoms with Crippen molar-refractivity contribution >= 4 is 0 Å². The molecule has 118 valence electrons. The summed E-state index contributed by atoms with van der Waals surface area (Å²) in [5, 5.41) is 3.13. The van der Waals surface area contributed by atoms with Crippen molar-refractivity contribution in [2.24, 2.45) is 0 Å². The van der Waals surface area contributed by atoms with E-state index in [4.69, 9.17) is 0 Å². The van der Waals surface area contributed by atoms with Crippen LogP contribution in [0.1, 0.15) is 16.7 Å². The predicted molar refractivity (Wildman–Crippen MR) is 80.8 cm³/mol. The third-order valence-electron chi connectivity index (χ3n) is 3.47. The minimum Gasteiger partial charge on any atom is -0.406 e. The average molecular weight is 309 g/mol. The van der Waals surface area contributed by atoms with Crippen molar-refractivity contribution in [1.82, 2.24) is 5.32 Å². The first-order valence-corrected chi connectivity index (χ1v) is 6.91. The molecule has 0 unspecified atom stereocenters. The maximum atomic E-state index is 12.2. The van der Waals surface area contributed by atoms with Crippen LogP contribution in [0.5, 0.6) is 5.75 Å². The van der Waals surface area contributed by atoms with Gasteiger partial charge in [-0.1, -0.05) is 24.3 Å². The summed E-state index contributed by atoms with van der Waals surface area (Å²) in [6.45, 7) is 4.85. The zero-order valence-electron chi connectivity index (χ0n) is 12.7. The van der Waals surface area contributed by atoms with Gasteiger partial charge < -0.3 is 10.1 Å². The molecule has 0 atom stereocenters. The van der Waals surface area contributed by atoms with Crippen molar-refractivity contribution < 1.29 is 17.9 Å². The number of halogens is 3. The Labute approximate surface area is 127 Å². The minimum absolute atomic E-state index is 0.212. The molecule has 0 heterocycles. The lowest BCUT2D eigenvalue weighted by molar-refractivity contribution is -0.274. The Morgan fingerprint density at radius 2 is 1.50 bits per heavy atom. The topological polar surface area (TPSA) is 21.3 Å². The molecule has 0 saturated heterocycles. The van der Waals surface area contributed by atoms with Gasteiger partial charge in [0, 0.05) is 6.54 Å². The summed E-state index contributed by atoms with van der Waals surface area (Å²) >= 11 is 0. The highest BCUT2D eigenvalue weighted by Gasteiger charge is 2.30. The van der Waals surface area contributed by atoms with Gasteiger partial charge in [0.1, 0.15) is 5.75 Å². The second kappa shape index (κ2) is 6.40. The molecule has 2 aromatic carbocycles. The van der Waals surface area contributed by atoms with Gasteiger partial charge in [0.2, 0.25) is 0 Å². The van der Waals surface area contributed by atoms with Crippen LogP contribution < -0.4 is 10.1 Å². The molecule has 1 N–H and O–H groups in total. The van der Waals surface area contributed by atoms with E-state index in [0.29, 0.717) is 0 Å². The number of hydrogen-bond donors (Lipinski definition) is 1. The minimum atomic E-state index is -4.66. The molecule has 0 spiro atoms. The molecular formula is C17H18F3NO. The van der Waals surface area contributed by atoms with E-state index in [-0.39, 0.29) is 5.75 Å². The zero-order valence-corrected chi connectivity index (χ0v) is 12.7. The molecule has 0 saturated carbocycles. The van der Waals surface area contributed by atoms with Crippen molar-refractivity contribution in [2.75, 3.05) is 7.05 Å². The maximum absolute atomic E-state index is 12.2. The molecule has 0 bridgehead atoms. The van der Waals surface area contributed by atoms with Crippen LogP contribution in [0.4, 0.5) is 13.2 Å². The van der Waals surface area contributed by atoms with Crippen molar-refractivity contribution in [1.29, 1.82) is 0 Å². The summed E-state index contributed by atoms with van der Waals surface area (Å²) in [6.07, 6.45) is -4.66. The quantitative estimate of drug-likeness (QED) is 0.892. The summed E-state index contributed by atoms with van der Waals surface area (Å²) in [4.78, 5) is 0. The highest BCUT2D eigenvalue weighted by Crippen LogP contribution is 2.29. The number of rotatable bonds is 4. The molecule has 0 radical (unpaired) electrons. The molecule has 0 aliphatic carbocycles. The van der Waals surface area contributed by atoms with Crippen LogP contribution >= 0.6 is 0 Å². The van der Waals surface area contributed by atoms with Gasteiger partial charge in [0.05, 0.1) is 0 Å². The van der Waals surface area contributed by atoms with Gasteiger partial charge >= 0.3 is 6.36 Å². The molecule has 0 aromatic heterocycles. The zero-order chi connectivity index (χ0) is 16.3. The van der Waals surface area contributed by atoms with Gasteiger partial charge in [-0.3, -0.25) is 0 Å². The summed E-state index contributed by atoms with van der Waals surface area (Å²) in [5.41, 5.74) is 5.38. The van der Waals surface area contributed by atoms with Gasteiger partial charge in [0.25, 0.3) is 0 Å². The number of ether oxygens (including phenoxy) is 1. The van der Waals surface area contributed by atoms with Gasteiger partial charge in [0.15, 0.2) is 0 Å². The van der Waals surface area contributed by atoms with Gasteiger partial charge in [-0.2, -0.15) is 0 Å². The number of hydrogen-bond acceptors (Lipinski definition) is 2. The number of alkyl halides is 3. The average Bonchev–Trinajstić information content (AvgIpc) is 2.42. The lowest BCUT2D eigenvalue weighted by Crippen LogP contribution is -2.16. The Balaban J connectivity index is 2.29. The molecule has 0 fully saturated rings. The van der Waals surface area contributed by atoms with Crippen LogP contribution in [0.2, 0.25) is 0 Å². The monoisotopic (exact) mass is 309 g/mol. The predicted octanol–water partition coefficient (Wildman–Crippen LogP) is 4.59. The third-order valence-corrected chi connectivity index (χ3v) is 3.47. The fourth-order valence-electron chi connectivity index (χ4n) is 2.46. The molecule has 0 aliphatic rings. The van der Waals surface area contributed by atoms with E-state index in [1.165, 1.54) is 17.7 Å². The largest absolute Gasteiger partial charge is 0.573 e. The van der Waals surface area contributed by atoms with Crippen molar-refractivity contribution in [3.8, 4) is 16.9 Å². The molecule has 22 heavy (non-hydrogen) atoms. The van der Waals surface area contributed by atoms with Crippen LogP contribution in [0.15, 0.2) is 36.4 Å². The van der Waals surface area contributed by atoms with Gasteiger partial charge in [-0.15, -0.1) is 13.2 Å². The van der Waals surface area contributed by atoms with Crippen molar-refractivity contribution in [2.45, 2.75) is 26.8 Å². The summed E-state index contributed by atoms with van der Waals surface area (Å²) in [7, 11) is 1.90. The lowest BCUT2D eigenvalue weighted by atomic mass is 9.95. The van der Waals surface area contributed by atoms with E-state index in [0.717, 1.165) is 28.8 Å². The van der Waals surface area contributed by atoms with Crippen LogP contribution in [-0.2, 0) is 6.54 Å². The normalized spacial score (nSPS) is 11.5. The summed E-state index contributed by atoms with van der Waals surface area (Å²) < 4.78 is 40.4. The fourth-order valence-corrected chi connectivity index (χ4v) is 2.46. The highest BCUT2D eigenvalue weighted by molar-refractivity contribution is 5.67. The fraction of sp³-hybridized carbons (Fsp3) is 0.294. The van der Waals surface area contributed by atoms with E-state index >= 15 is 0 Å². The van der Waals surface area contributed by atoms with Crippen LogP contribution in [0, 0.1) is 13.8 Å². The lowest BCUT2D eigenvalue weighted by Gasteiger charge is -2.13. The Kier molecular flexibility index (Phi) is 4.76. The number of nitrogens with one attached hydrogen (secondary N) is 1. The highest BCUT2D eigenvalue weighted by atomic mass is 19.4. The Bertz CT molecular complexity index is 625. The van der Waals surface area contributed by atoms with Gasteiger partial charge in [-0.05, 0) is 60.8 Å². The second-order valence-corrected chi connectivity index (χ2v) is 5.19. The third kappa shape index (κ3) is 4.01. The Hall–Kier alpha value is -2.01. The van der Waals surface area contributed by atoms with E-state index < -0.39 is 6.36 Å². The molecule has 0 amide bonds. The van der Waals surface area contributed by atoms with Crippen LogP contribution in [0.3, 0.4) is 0 Å².